The molecule has 1 unspecified atom stereocenters. The number of carbonyl (C=O) groups is 1. The first-order chi connectivity index (χ1) is 7.72. The van der Waals surface area contributed by atoms with Gasteiger partial charge in [-0.3, -0.25) is 4.79 Å². The van der Waals surface area contributed by atoms with Crippen molar-refractivity contribution in [3.63, 3.8) is 0 Å². The van der Waals surface area contributed by atoms with Crippen LogP contribution in [0.2, 0.25) is 0 Å². The van der Waals surface area contributed by atoms with Gasteiger partial charge in [0.2, 0.25) is 0 Å². The number of aromatic nitrogens is 2. The van der Waals surface area contributed by atoms with Crippen LogP contribution in [0.3, 0.4) is 0 Å². The lowest BCUT2D eigenvalue weighted by atomic mass is 10.2. The highest BCUT2D eigenvalue weighted by Gasteiger charge is 2.08. The van der Waals surface area contributed by atoms with Crippen molar-refractivity contribution in [2.24, 2.45) is 0 Å². The third-order valence-electron chi connectivity index (χ3n) is 2.25. The van der Waals surface area contributed by atoms with Gasteiger partial charge in [0.15, 0.2) is 12.6 Å². The minimum atomic E-state index is -0.846. The predicted octanol–water partition coefficient (Wildman–Crippen LogP) is 1.16. The number of aliphatic hydroxyl groups is 1. The topological polar surface area (TPSA) is 64.3 Å². The molecule has 2 aromatic heterocycles. The van der Waals surface area contributed by atoms with Crippen LogP contribution >= 0.6 is 0 Å². The Morgan fingerprint density at radius 2 is 2.50 bits per heavy atom. The quantitative estimate of drug-likeness (QED) is 0.620. The lowest BCUT2D eigenvalue weighted by Crippen LogP contribution is -2.10. The van der Waals surface area contributed by atoms with E-state index >= 15 is 0 Å². The normalized spacial score (nSPS) is 12.9. The molecule has 5 nitrogen and oxygen atoms in total. The summed E-state index contributed by atoms with van der Waals surface area (Å²) in [4.78, 5) is 15.0. The average molecular weight is 220 g/mol. The summed E-state index contributed by atoms with van der Waals surface area (Å²) in [7, 11) is 0. The molecule has 84 valence electrons. The third-order valence-corrected chi connectivity index (χ3v) is 2.25. The molecule has 0 aromatic carbocycles. The van der Waals surface area contributed by atoms with Crippen molar-refractivity contribution in [2.45, 2.75) is 19.9 Å². The molecule has 0 amide bonds. The maximum absolute atomic E-state index is 10.8. The van der Waals surface area contributed by atoms with Gasteiger partial charge in [-0.25, -0.2) is 4.98 Å². The number of pyridine rings is 1. The first-order valence-corrected chi connectivity index (χ1v) is 4.91. The summed E-state index contributed by atoms with van der Waals surface area (Å²) < 4.78 is 6.74. The zero-order valence-corrected chi connectivity index (χ0v) is 8.83. The standard InChI is InChI=1S/C11H12N2O3/c1-8(15)16-7-13-5-9(6-14)10-3-2-4-12-11(10)13/h2-6,8,15H,7H2,1H3. The Morgan fingerprint density at radius 1 is 1.69 bits per heavy atom. The van der Waals surface area contributed by atoms with E-state index < -0.39 is 6.29 Å². The van der Waals surface area contributed by atoms with Gasteiger partial charge in [0, 0.05) is 23.3 Å². The molecular weight excluding hydrogens is 208 g/mol. The number of aliphatic hydroxyl groups excluding tert-OH is 1. The van der Waals surface area contributed by atoms with Gasteiger partial charge in [-0.2, -0.15) is 0 Å². The first-order valence-electron chi connectivity index (χ1n) is 4.91. The molecular formula is C11H12N2O3. The molecule has 16 heavy (non-hydrogen) atoms. The van der Waals surface area contributed by atoms with Crippen molar-refractivity contribution >= 4 is 17.3 Å². The largest absolute Gasteiger partial charge is 0.368 e. The van der Waals surface area contributed by atoms with Crippen LogP contribution in [0.4, 0.5) is 0 Å². The van der Waals surface area contributed by atoms with Crippen molar-refractivity contribution < 1.29 is 14.6 Å². The van der Waals surface area contributed by atoms with Crippen molar-refractivity contribution in [3.8, 4) is 0 Å². The number of ether oxygens (including phenoxy) is 1. The number of rotatable bonds is 4. The predicted molar refractivity (Wildman–Crippen MR) is 57.9 cm³/mol. The van der Waals surface area contributed by atoms with Crippen LogP contribution in [-0.4, -0.2) is 27.2 Å². The third kappa shape index (κ3) is 1.95. The molecule has 2 heterocycles. The Kier molecular flexibility index (Phi) is 2.98. The van der Waals surface area contributed by atoms with E-state index in [9.17, 15) is 4.79 Å². The van der Waals surface area contributed by atoms with Crippen LogP contribution < -0.4 is 0 Å². The molecule has 2 rings (SSSR count). The zero-order valence-electron chi connectivity index (χ0n) is 8.83. The molecule has 2 aromatic rings. The summed E-state index contributed by atoms with van der Waals surface area (Å²) in [5.41, 5.74) is 1.24. The number of carbonyl (C=O) groups excluding carboxylic acids is 1. The van der Waals surface area contributed by atoms with E-state index in [0.717, 1.165) is 11.7 Å². The van der Waals surface area contributed by atoms with Gasteiger partial charge < -0.3 is 14.4 Å². The second kappa shape index (κ2) is 4.42. The van der Waals surface area contributed by atoms with Crippen LogP contribution in [0.1, 0.15) is 17.3 Å². The van der Waals surface area contributed by atoms with E-state index in [4.69, 9.17) is 9.84 Å². The molecule has 0 saturated heterocycles. The second-order valence-corrected chi connectivity index (χ2v) is 3.44. The number of hydrogen-bond acceptors (Lipinski definition) is 4. The van der Waals surface area contributed by atoms with Gasteiger partial charge in [-0.1, -0.05) is 0 Å². The molecule has 1 atom stereocenters. The molecule has 5 heteroatoms. The molecule has 0 aliphatic rings. The SMILES string of the molecule is CC(O)OCn1cc(C=O)c2cccnc21. The summed E-state index contributed by atoms with van der Waals surface area (Å²) >= 11 is 0. The fourth-order valence-electron chi connectivity index (χ4n) is 1.53. The molecule has 0 aliphatic heterocycles. The van der Waals surface area contributed by atoms with Gasteiger partial charge in [-0.05, 0) is 19.1 Å². The van der Waals surface area contributed by atoms with Crippen molar-refractivity contribution in [2.75, 3.05) is 0 Å². The van der Waals surface area contributed by atoms with Gasteiger partial charge >= 0.3 is 0 Å². The minimum Gasteiger partial charge on any atom is -0.368 e. The van der Waals surface area contributed by atoms with Gasteiger partial charge in [0.25, 0.3) is 0 Å². The van der Waals surface area contributed by atoms with E-state index in [0.29, 0.717) is 11.2 Å². The molecule has 0 radical (unpaired) electrons. The molecule has 0 saturated carbocycles. The van der Waals surface area contributed by atoms with E-state index in [2.05, 4.69) is 4.98 Å². The van der Waals surface area contributed by atoms with Crippen LogP contribution in [0, 0.1) is 0 Å². The van der Waals surface area contributed by atoms with Crippen LogP contribution in [0.5, 0.6) is 0 Å². The Labute approximate surface area is 92.3 Å². The van der Waals surface area contributed by atoms with Gasteiger partial charge in [0.1, 0.15) is 12.4 Å². The molecule has 0 aliphatic carbocycles. The van der Waals surface area contributed by atoms with Crippen LogP contribution in [0.25, 0.3) is 11.0 Å². The fourth-order valence-corrected chi connectivity index (χ4v) is 1.53. The monoisotopic (exact) mass is 220 g/mol. The highest BCUT2D eigenvalue weighted by Crippen LogP contribution is 2.17. The van der Waals surface area contributed by atoms with Gasteiger partial charge in [0.05, 0.1) is 0 Å². The van der Waals surface area contributed by atoms with E-state index in [1.54, 1.807) is 23.0 Å². The van der Waals surface area contributed by atoms with E-state index in [1.165, 1.54) is 6.92 Å². The first kappa shape index (κ1) is 10.8. The van der Waals surface area contributed by atoms with E-state index in [1.807, 2.05) is 6.07 Å². The van der Waals surface area contributed by atoms with Crippen molar-refractivity contribution in [1.29, 1.82) is 0 Å². The number of fused-ring (bicyclic) bond motifs is 1. The smallest absolute Gasteiger partial charge is 0.154 e. The highest BCUT2D eigenvalue weighted by atomic mass is 16.6. The van der Waals surface area contributed by atoms with Gasteiger partial charge in [-0.15, -0.1) is 0 Å². The average Bonchev–Trinajstić information content (AvgIpc) is 2.65. The summed E-state index contributed by atoms with van der Waals surface area (Å²) in [5, 5.41) is 9.81. The Balaban J connectivity index is 2.41. The molecule has 1 N–H and O–H groups in total. The lowest BCUT2D eigenvalue weighted by Gasteiger charge is -2.07. The Hall–Kier alpha value is -1.72. The lowest BCUT2D eigenvalue weighted by molar-refractivity contribution is -0.111. The maximum atomic E-state index is 10.8. The zero-order chi connectivity index (χ0) is 11.5. The minimum absolute atomic E-state index is 0.166. The highest BCUT2D eigenvalue weighted by molar-refractivity contribution is 5.95. The Bertz CT molecular complexity index is 505. The summed E-state index contributed by atoms with van der Waals surface area (Å²) in [5.74, 6) is 0. The van der Waals surface area contributed by atoms with E-state index in [-0.39, 0.29) is 6.73 Å². The second-order valence-electron chi connectivity index (χ2n) is 3.44. The number of aldehydes is 1. The van der Waals surface area contributed by atoms with Crippen LogP contribution in [0.15, 0.2) is 24.5 Å². The molecule has 0 bridgehead atoms. The number of hydrogen-bond donors (Lipinski definition) is 1. The molecule has 0 fully saturated rings. The summed E-state index contributed by atoms with van der Waals surface area (Å²) in [6.07, 6.45) is 3.24. The summed E-state index contributed by atoms with van der Waals surface area (Å²) in [6, 6.07) is 3.60. The summed E-state index contributed by atoms with van der Waals surface area (Å²) in [6.45, 7) is 1.69. The Morgan fingerprint density at radius 3 is 3.19 bits per heavy atom. The van der Waals surface area contributed by atoms with Crippen molar-refractivity contribution in [3.05, 3.63) is 30.1 Å². The molecule has 0 spiro atoms. The fraction of sp³-hybridized carbons (Fsp3) is 0.273. The van der Waals surface area contributed by atoms with Crippen LogP contribution in [-0.2, 0) is 11.5 Å². The van der Waals surface area contributed by atoms with Crippen molar-refractivity contribution in [1.82, 2.24) is 9.55 Å². The number of nitrogens with zero attached hydrogens (tertiary/aromatic N) is 2. The maximum Gasteiger partial charge on any atom is 0.154 e.